The van der Waals surface area contributed by atoms with E-state index in [1.807, 2.05) is 42.0 Å². The zero-order chi connectivity index (χ0) is 22.1. The molecule has 0 unspecified atom stereocenters. The molecule has 0 amide bonds. The Bertz CT molecular complexity index is 977. The van der Waals surface area contributed by atoms with Gasteiger partial charge in [-0.25, -0.2) is 9.98 Å². The number of para-hydroxylation sites is 1. The second-order valence-corrected chi connectivity index (χ2v) is 6.68. The first-order valence-corrected chi connectivity index (χ1v) is 10.1. The maximum Gasteiger partial charge on any atom is 0.203 e. The second-order valence-electron chi connectivity index (χ2n) is 6.68. The Balaban J connectivity index is 1.76. The minimum absolute atomic E-state index is 0.454. The number of nitrogens with zero attached hydrogens (tertiary/aromatic N) is 3. The molecule has 0 atom stereocenters. The van der Waals surface area contributed by atoms with E-state index in [0.717, 1.165) is 29.3 Å². The summed E-state index contributed by atoms with van der Waals surface area (Å²) in [5.74, 6) is 2.51. The smallest absolute Gasteiger partial charge is 0.203 e. The lowest BCUT2D eigenvalue weighted by molar-refractivity contribution is 0.324. The van der Waals surface area contributed by atoms with Gasteiger partial charge in [0.15, 0.2) is 17.5 Å². The zero-order valence-electron chi connectivity index (χ0n) is 18.4. The number of ether oxygens (including phenoxy) is 3. The van der Waals surface area contributed by atoms with E-state index in [9.17, 15) is 0 Å². The lowest BCUT2D eigenvalue weighted by atomic mass is 10.1. The molecule has 0 bridgehead atoms. The molecule has 0 aliphatic carbocycles. The highest BCUT2D eigenvalue weighted by molar-refractivity contribution is 5.79. The van der Waals surface area contributed by atoms with Gasteiger partial charge in [0.25, 0.3) is 0 Å². The lowest BCUT2D eigenvalue weighted by Gasteiger charge is -2.15. The van der Waals surface area contributed by atoms with Crippen molar-refractivity contribution in [3.63, 3.8) is 0 Å². The van der Waals surface area contributed by atoms with Crippen LogP contribution in [0.5, 0.6) is 17.2 Å². The first-order valence-electron chi connectivity index (χ1n) is 10.1. The summed E-state index contributed by atoms with van der Waals surface area (Å²) < 4.78 is 18.3. The molecule has 3 aromatic rings. The first-order chi connectivity index (χ1) is 15.2. The Morgan fingerprint density at radius 1 is 1.03 bits per heavy atom. The number of rotatable bonds is 9. The van der Waals surface area contributed by atoms with Crippen molar-refractivity contribution < 1.29 is 14.2 Å². The summed E-state index contributed by atoms with van der Waals surface area (Å²) in [6.45, 7) is 3.87. The van der Waals surface area contributed by atoms with Crippen molar-refractivity contribution in [3.05, 3.63) is 66.2 Å². The SMILES string of the molecule is CCNC(=NCc1cc(OC)c(OC)c(OC)c1)NCc1ccccc1-n1ccnc1. The number of aromatic nitrogens is 2. The Morgan fingerprint density at radius 3 is 2.39 bits per heavy atom. The van der Waals surface area contributed by atoms with Crippen molar-refractivity contribution in [3.8, 4) is 22.9 Å². The second kappa shape index (κ2) is 10.9. The van der Waals surface area contributed by atoms with Crippen LogP contribution in [0.3, 0.4) is 0 Å². The van der Waals surface area contributed by atoms with Gasteiger partial charge in [0.2, 0.25) is 5.75 Å². The topological polar surface area (TPSA) is 81.9 Å². The van der Waals surface area contributed by atoms with E-state index in [4.69, 9.17) is 19.2 Å². The molecule has 3 rings (SSSR count). The summed E-state index contributed by atoms with van der Waals surface area (Å²) >= 11 is 0. The number of guanidine groups is 1. The van der Waals surface area contributed by atoms with Crippen molar-refractivity contribution in [2.24, 2.45) is 4.99 Å². The summed E-state index contributed by atoms with van der Waals surface area (Å²) in [5, 5.41) is 6.70. The molecule has 1 heterocycles. The van der Waals surface area contributed by atoms with Crippen molar-refractivity contribution >= 4 is 5.96 Å². The van der Waals surface area contributed by atoms with Gasteiger partial charge in [-0.05, 0) is 36.2 Å². The van der Waals surface area contributed by atoms with Crippen molar-refractivity contribution in [1.29, 1.82) is 0 Å². The highest BCUT2D eigenvalue weighted by Crippen LogP contribution is 2.38. The van der Waals surface area contributed by atoms with E-state index >= 15 is 0 Å². The molecule has 164 valence electrons. The van der Waals surface area contributed by atoms with E-state index < -0.39 is 0 Å². The molecule has 0 fully saturated rings. The molecule has 2 N–H and O–H groups in total. The fourth-order valence-corrected chi connectivity index (χ4v) is 3.23. The summed E-state index contributed by atoms with van der Waals surface area (Å²) in [4.78, 5) is 8.87. The molecule has 31 heavy (non-hydrogen) atoms. The molecule has 8 nitrogen and oxygen atoms in total. The molecule has 2 aromatic carbocycles. The van der Waals surface area contributed by atoms with Crippen LogP contribution in [0.15, 0.2) is 60.1 Å². The Hall–Kier alpha value is -3.68. The van der Waals surface area contributed by atoms with Gasteiger partial charge >= 0.3 is 0 Å². The van der Waals surface area contributed by atoms with Gasteiger partial charge in [-0.3, -0.25) is 0 Å². The average Bonchev–Trinajstić information content (AvgIpc) is 3.35. The van der Waals surface area contributed by atoms with Gasteiger partial charge < -0.3 is 29.4 Å². The minimum atomic E-state index is 0.454. The molecule has 0 saturated carbocycles. The van der Waals surface area contributed by atoms with Gasteiger partial charge in [-0.1, -0.05) is 18.2 Å². The fourth-order valence-electron chi connectivity index (χ4n) is 3.23. The monoisotopic (exact) mass is 423 g/mol. The van der Waals surface area contributed by atoms with E-state index in [1.165, 1.54) is 0 Å². The lowest BCUT2D eigenvalue weighted by Crippen LogP contribution is -2.37. The Morgan fingerprint density at radius 2 is 1.77 bits per heavy atom. The number of hydrogen-bond donors (Lipinski definition) is 2. The highest BCUT2D eigenvalue weighted by atomic mass is 16.5. The largest absolute Gasteiger partial charge is 0.493 e. The number of methoxy groups -OCH3 is 3. The number of benzene rings is 2. The van der Waals surface area contributed by atoms with E-state index in [2.05, 4.69) is 27.8 Å². The van der Waals surface area contributed by atoms with E-state index in [1.54, 1.807) is 33.9 Å². The standard InChI is InChI=1S/C23H29N5O3/c1-5-25-23(26-14-17-12-20(29-2)22(31-4)21(13-17)30-3)27-15-18-8-6-7-9-19(18)28-11-10-24-16-28/h6-13,16H,5,14-15H2,1-4H3,(H2,25,26,27). The number of aliphatic imine (C=N–C) groups is 1. The van der Waals surface area contributed by atoms with Crippen LogP contribution in [0.4, 0.5) is 0 Å². The molecule has 8 heteroatoms. The Labute approximate surface area is 182 Å². The minimum Gasteiger partial charge on any atom is -0.493 e. The van der Waals surface area contributed by atoms with Gasteiger partial charge in [-0.2, -0.15) is 0 Å². The predicted molar refractivity (Wildman–Crippen MR) is 121 cm³/mol. The maximum atomic E-state index is 5.44. The van der Waals surface area contributed by atoms with Crippen LogP contribution in [0.1, 0.15) is 18.1 Å². The molecule has 0 aliphatic rings. The number of nitrogens with one attached hydrogen (secondary N) is 2. The fraction of sp³-hybridized carbons (Fsp3) is 0.304. The normalized spacial score (nSPS) is 11.2. The molecule has 0 radical (unpaired) electrons. The highest BCUT2D eigenvalue weighted by Gasteiger charge is 2.13. The third-order valence-electron chi connectivity index (χ3n) is 4.71. The first kappa shape index (κ1) is 22.0. The zero-order valence-corrected chi connectivity index (χ0v) is 18.4. The van der Waals surface area contributed by atoms with Crippen LogP contribution >= 0.6 is 0 Å². The Kier molecular flexibility index (Phi) is 7.75. The van der Waals surface area contributed by atoms with Crippen LogP contribution in [0.25, 0.3) is 5.69 Å². The third-order valence-corrected chi connectivity index (χ3v) is 4.71. The molecular weight excluding hydrogens is 394 g/mol. The van der Waals surface area contributed by atoms with Crippen LogP contribution in [-0.4, -0.2) is 43.4 Å². The van der Waals surface area contributed by atoms with Crippen LogP contribution in [0.2, 0.25) is 0 Å². The summed E-state index contributed by atoms with van der Waals surface area (Å²) in [5.41, 5.74) is 3.16. The number of hydrogen-bond acceptors (Lipinski definition) is 5. The van der Waals surface area contributed by atoms with Crippen LogP contribution < -0.4 is 24.8 Å². The molecule has 0 saturated heterocycles. The van der Waals surface area contributed by atoms with Gasteiger partial charge in [0.05, 0.1) is 39.9 Å². The number of imidazole rings is 1. The summed E-state index contributed by atoms with van der Waals surface area (Å²) in [6.07, 6.45) is 5.50. The van der Waals surface area contributed by atoms with Crippen LogP contribution in [0, 0.1) is 0 Å². The van der Waals surface area contributed by atoms with Crippen molar-refractivity contribution in [1.82, 2.24) is 20.2 Å². The maximum absolute atomic E-state index is 5.44. The van der Waals surface area contributed by atoms with Crippen molar-refractivity contribution in [2.45, 2.75) is 20.0 Å². The summed E-state index contributed by atoms with van der Waals surface area (Å²) in [6, 6.07) is 12.0. The van der Waals surface area contributed by atoms with Gasteiger partial charge in [0.1, 0.15) is 0 Å². The van der Waals surface area contributed by atoms with Gasteiger partial charge in [0, 0.05) is 25.5 Å². The van der Waals surface area contributed by atoms with Crippen LogP contribution in [-0.2, 0) is 13.1 Å². The van der Waals surface area contributed by atoms with Gasteiger partial charge in [-0.15, -0.1) is 0 Å². The molecular formula is C23H29N5O3. The predicted octanol–water partition coefficient (Wildman–Crippen LogP) is 3.15. The summed E-state index contributed by atoms with van der Waals surface area (Å²) in [7, 11) is 4.80. The van der Waals surface area contributed by atoms with Crippen molar-refractivity contribution in [2.75, 3.05) is 27.9 Å². The quantitative estimate of drug-likeness (QED) is 0.406. The third kappa shape index (κ3) is 5.48. The molecule has 1 aromatic heterocycles. The molecule has 0 spiro atoms. The molecule has 0 aliphatic heterocycles. The van der Waals surface area contributed by atoms with E-state index in [-0.39, 0.29) is 0 Å². The average molecular weight is 424 g/mol. The van der Waals surface area contributed by atoms with E-state index in [0.29, 0.717) is 30.3 Å².